The molecule has 0 saturated heterocycles. The summed E-state index contributed by atoms with van der Waals surface area (Å²) in [5.41, 5.74) is 0.574. The topological polar surface area (TPSA) is 42.2 Å². The van der Waals surface area contributed by atoms with Crippen LogP contribution in [0.4, 0.5) is 4.39 Å². The Morgan fingerprint density at radius 3 is 2.75 bits per heavy atom. The Balaban J connectivity index is 2.54. The van der Waals surface area contributed by atoms with Crippen LogP contribution < -0.4 is 0 Å². The minimum atomic E-state index is -1.05. The average molecular weight is 284 g/mol. The highest BCUT2D eigenvalue weighted by Gasteiger charge is 2.11. The SMILES string of the molecule is O=C(O)c1cccn1-c1ccc(Br)c(F)c1. The number of aromatic nitrogens is 1. The van der Waals surface area contributed by atoms with Crippen LogP contribution in [0.15, 0.2) is 41.0 Å². The minimum absolute atomic E-state index is 0.0988. The molecular formula is C11H7BrFNO2. The third kappa shape index (κ3) is 1.86. The molecule has 0 saturated carbocycles. The Morgan fingerprint density at radius 2 is 2.12 bits per heavy atom. The van der Waals surface area contributed by atoms with Crippen LogP contribution in [-0.4, -0.2) is 15.6 Å². The first-order valence-corrected chi connectivity index (χ1v) is 5.25. The summed E-state index contributed by atoms with van der Waals surface area (Å²) in [6, 6.07) is 7.51. The van der Waals surface area contributed by atoms with Gasteiger partial charge in [-0.2, -0.15) is 0 Å². The Bertz CT molecular complexity index is 551. The van der Waals surface area contributed by atoms with E-state index in [9.17, 15) is 9.18 Å². The van der Waals surface area contributed by atoms with Crippen molar-refractivity contribution in [3.63, 3.8) is 0 Å². The summed E-state index contributed by atoms with van der Waals surface area (Å²) in [4.78, 5) is 10.9. The van der Waals surface area contributed by atoms with Crippen molar-refractivity contribution in [2.75, 3.05) is 0 Å². The lowest BCUT2D eigenvalue weighted by molar-refractivity contribution is 0.0688. The largest absolute Gasteiger partial charge is 0.477 e. The molecule has 0 amide bonds. The maximum absolute atomic E-state index is 13.3. The van der Waals surface area contributed by atoms with E-state index >= 15 is 0 Å². The van der Waals surface area contributed by atoms with E-state index in [0.29, 0.717) is 10.2 Å². The molecular weight excluding hydrogens is 277 g/mol. The van der Waals surface area contributed by atoms with Crippen LogP contribution in [0.3, 0.4) is 0 Å². The van der Waals surface area contributed by atoms with Crippen LogP contribution in [-0.2, 0) is 0 Å². The first kappa shape index (κ1) is 10.9. The van der Waals surface area contributed by atoms with Gasteiger partial charge in [0.25, 0.3) is 0 Å². The second-order valence-corrected chi connectivity index (χ2v) is 4.02. The molecule has 0 aliphatic rings. The third-order valence-corrected chi connectivity index (χ3v) is 2.79. The summed E-state index contributed by atoms with van der Waals surface area (Å²) in [7, 11) is 0. The van der Waals surface area contributed by atoms with E-state index in [1.807, 2.05) is 0 Å². The van der Waals surface area contributed by atoms with Gasteiger partial charge in [-0.3, -0.25) is 0 Å². The Morgan fingerprint density at radius 1 is 1.38 bits per heavy atom. The summed E-state index contributed by atoms with van der Waals surface area (Å²) in [5.74, 6) is -1.48. The van der Waals surface area contributed by atoms with Gasteiger partial charge in [-0.05, 0) is 46.3 Å². The molecule has 1 aromatic carbocycles. The van der Waals surface area contributed by atoms with Gasteiger partial charge in [-0.1, -0.05) is 0 Å². The summed E-state index contributed by atoms with van der Waals surface area (Å²) >= 11 is 3.04. The summed E-state index contributed by atoms with van der Waals surface area (Å²) in [6.07, 6.45) is 1.58. The van der Waals surface area contributed by atoms with Crippen molar-refractivity contribution in [2.24, 2.45) is 0 Å². The normalized spacial score (nSPS) is 10.4. The fraction of sp³-hybridized carbons (Fsp3) is 0. The molecule has 1 heterocycles. The summed E-state index contributed by atoms with van der Waals surface area (Å²) in [6.45, 7) is 0. The van der Waals surface area contributed by atoms with Crippen LogP contribution in [0.5, 0.6) is 0 Å². The van der Waals surface area contributed by atoms with Gasteiger partial charge in [0.1, 0.15) is 11.5 Å². The van der Waals surface area contributed by atoms with E-state index in [0.717, 1.165) is 0 Å². The molecule has 82 valence electrons. The lowest BCUT2D eigenvalue weighted by Gasteiger charge is -2.06. The molecule has 2 rings (SSSR count). The van der Waals surface area contributed by atoms with Gasteiger partial charge in [0.05, 0.1) is 4.47 Å². The maximum atomic E-state index is 13.3. The van der Waals surface area contributed by atoms with Gasteiger partial charge < -0.3 is 9.67 Å². The number of hydrogen-bond acceptors (Lipinski definition) is 1. The van der Waals surface area contributed by atoms with Gasteiger partial charge in [0.2, 0.25) is 0 Å². The Hall–Kier alpha value is -1.62. The second-order valence-electron chi connectivity index (χ2n) is 3.17. The van der Waals surface area contributed by atoms with E-state index in [2.05, 4.69) is 15.9 Å². The van der Waals surface area contributed by atoms with Crippen LogP contribution in [0.25, 0.3) is 5.69 Å². The van der Waals surface area contributed by atoms with Gasteiger partial charge in [-0.15, -0.1) is 0 Å². The maximum Gasteiger partial charge on any atom is 0.352 e. The number of rotatable bonds is 2. The van der Waals surface area contributed by atoms with E-state index in [4.69, 9.17) is 5.11 Å². The van der Waals surface area contributed by atoms with Gasteiger partial charge >= 0.3 is 5.97 Å². The predicted octanol–water partition coefficient (Wildman–Crippen LogP) is 3.08. The molecule has 0 atom stereocenters. The lowest BCUT2D eigenvalue weighted by atomic mass is 10.3. The fourth-order valence-corrected chi connectivity index (χ4v) is 1.66. The zero-order valence-electron chi connectivity index (χ0n) is 8.02. The Labute approximate surface area is 99.3 Å². The number of carboxylic acid groups (broad SMARTS) is 1. The lowest BCUT2D eigenvalue weighted by Crippen LogP contribution is -2.05. The highest BCUT2D eigenvalue weighted by Crippen LogP contribution is 2.20. The molecule has 1 aromatic heterocycles. The first-order valence-electron chi connectivity index (χ1n) is 4.45. The molecule has 0 fully saturated rings. The van der Waals surface area contributed by atoms with Crippen molar-refractivity contribution in [3.05, 3.63) is 52.5 Å². The third-order valence-electron chi connectivity index (χ3n) is 2.15. The molecule has 0 spiro atoms. The zero-order valence-corrected chi connectivity index (χ0v) is 9.61. The number of halogens is 2. The quantitative estimate of drug-likeness (QED) is 0.920. The molecule has 3 nitrogen and oxygen atoms in total. The van der Waals surface area contributed by atoms with Crippen molar-refractivity contribution in [3.8, 4) is 5.69 Å². The van der Waals surface area contributed by atoms with Crippen LogP contribution in [0.1, 0.15) is 10.5 Å². The van der Waals surface area contributed by atoms with Crippen LogP contribution in [0.2, 0.25) is 0 Å². The zero-order chi connectivity index (χ0) is 11.7. The van der Waals surface area contributed by atoms with Gasteiger partial charge in [-0.25, -0.2) is 9.18 Å². The predicted molar refractivity (Wildman–Crippen MR) is 60.4 cm³/mol. The number of nitrogens with zero attached hydrogens (tertiary/aromatic N) is 1. The highest BCUT2D eigenvalue weighted by atomic mass is 79.9. The van der Waals surface area contributed by atoms with E-state index in [-0.39, 0.29) is 5.69 Å². The number of benzene rings is 1. The van der Waals surface area contributed by atoms with Crippen molar-refractivity contribution < 1.29 is 14.3 Å². The van der Waals surface area contributed by atoms with Crippen LogP contribution in [0, 0.1) is 5.82 Å². The highest BCUT2D eigenvalue weighted by molar-refractivity contribution is 9.10. The molecule has 1 N–H and O–H groups in total. The Kier molecular flexibility index (Phi) is 2.78. The number of carboxylic acids is 1. The second kappa shape index (κ2) is 4.09. The molecule has 0 radical (unpaired) electrons. The summed E-state index contributed by atoms with van der Waals surface area (Å²) < 4.78 is 15.1. The first-order chi connectivity index (χ1) is 7.59. The fourth-order valence-electron chi connectivity index (χ4n) is 1.42. The molecule has 16 heavy (non-hydrogen) atoms. The standard InChI is InChI=1S/C11H7BrFNO2/c12-8-4-3-7(6-9(8)13)14-5-1-2-10(14)11(15)16/h1-6H,(H,15,16). The average Bonchev–Trinajstić information content (AvgIpc) is 2.71. The molecule has 5 heteroatoms. The monoisotopic (exact) mass is 283 g/mol. The number of aromatic carboxylic acids is 1. The smallest absolute Gasteiger partial charge is 0.352 e. The number of carbonyl (C=O) groups is 1. The molecule has 0 aliphatic heterocycles. The van der Waals surface area contributed by atoms with E-state index in [1.54, 1.807) is 18.3 Å². The van der Waals surface area contributed by atoms with Crippen molar-refractivity contribution in [2.45, 2.75) is 0 Å². The number of hydrogen-bond donors (Lipinski definition) is 1. The molecule has 0 unspecified atom stereocenters. The van der Waals surface area contributed by atoms with Gasteiger partial charge in [0, 0.05) is 11.9 Å². The van der Waals surface area contributed by atoms with E-state index in [1.165, 1.54) is 22.8 Å². The van der Waals surface area contributed by atoms with E-state index < -0.39 is 11.8 Å². The minimum Gasteiger partial charge on any atom is -0.477 e. The molecule has 0 bridgehead atoms. The van der Waals surface area contributed by atoms with Gasteiger partial charge in [0.15, 0.2) is 0 Å². The molecule has 0 aliphatic carbocycles. The molecule has 2 aromatic rings. The summed E-state index contributed by atoms with van der Waals surface area (Å²) in [5, 5.41) is 8.92. The van der Waals surface area contributed by atoms with Crippen LogP contribution >= 0.6 is 15.9 Å². The van der Waals surface area contributed by atoms with Crippen molar-refractivity contribution in [1.29, 1.82) is 0 Å². The van der Waals surface area contributed by atoms with Crippen molar-refractivity contribution >= 4 is 21.9 Å². The van der Waals surface area contributed by atoms with Crippen molar-refractivity contribution in [1.82, 2.24) is 4.57 Å².